The van der Waals surface area contributed by atoms with E-state index >= 15 is 0 Å². The van der Waals surface area contributed by atoms with E-state index in [0.29, 0.717) is 18.8 Å². The topological polar surface area (TPSA) is 109 Å². The molecule has 0 spiro atoms. The molecule has 5 rings (SSSR count). The Hall–Kier alpha value is -3.14. The molecule has 2 fully saturated rings. The molecule has 2 aliphatic rings. The van der Waals surface area contributed by atoms with Crippen molar-refractivity contribution in [1.29, 1.82) is 0 Å². The van der Waals surface area contributed by atoms with E-state index in [2.05, 4.69) is 43.3 Å². The second-order valence-electron chi connectivity index (χ2n) is 10.0. The summed E-state index contributed by atoms with van der Waals surface area (Å²) in [5, 5.41) is 7.37. The Balaban J connectivity index is 1.31. The number of rotatable bonds is 6. The first-order valence-corrected chi connectivity index (χ1v) is 14.6. The van der Waals surface area contributed by atoms with Gasteiger partial charge in [-0.25, -0.2) is 13.4 Å². The van der Waals surface area contributed by atoms with Gasteiger partial charge in [-0.15, -0.1) is 0 Å². The first-order chi connectivity index (χ1) is 17.3. The molecule has 1 aromatic carbocycles. The molecule has 1 saturated carbocycles. The van der Waals surface area contributed by atoms with Crippen LogP contribution in [0.3, 0.4) is 0 Å². The number of aromatic nitrogens is 3. The molecule has 2 N–H and O–H groups in total. The highest BCUT2D eigenvalue weighted by Crippen LogP contribution is 2.32. The Morgan fingerprint density at radius 2 is 1.72 bits per heavy atom. The maximum atomic E-state index is 12.0. The SMILES string of the molecule is CC(=O)NC1CCC(Nc2nccc(-n3ccc4c(N5CCC(S(C)(=O)=O)CC5)cccc43)n2)CC1. The van der Waals surface area contributed by atoms with Crippen molar-refractivity contribution in [2.45, 2.75) is 62.8 Å². The van der Waals surface area contributed by atoms with Gasteiger partial charge in [0.1, 0.15) is 15.7 Å². The van der Waals surface area contributed by atoms with E-state index < -0.39 is 9.84 Å². The lowest BCUT2D eigenvalue weighted by molar-refractivity contribution is -0.119. The molecular weight excluding hydrogens is 476 g/mol. The number of sulfone groups is 1. The molecule has 0 bridgehead atoms. The van der Waals surface area contributed by atoms with Crippen molar-refractivity contribution < 1.29 is 13.2 Å². The molecule has 1 aliphatic carbocycles. The number of nitrogens with zero attached hydrogens (tertiary/aromatic N) is 4. The Kier molecular flexibility index (Phi) is 6.87. The molecule has 1 amide bonds. The summed E-state index contributed by atoms with van der Waals surface area (Å²) in [4.78, 5) is 22.8. The molecular formula is C26H34N6O3S. The first kappa shape index (κ1) is 24.5. The summed E-state index contributed by atoms with van der Waals surface area (Å²) >= 11 is 0. The van der Waals surface area contributed by atoms with Crippen LogP contribution in [0.25, 0.3) is 16.7 Å². The number of hydrogen-bond donors (Lipinski definition) is 2. The molecule has 36 heavy (non-hydrogen) atoms. The standard InChI is InChI=1S/C26H34N6O3S/c1-18(33)28-19-6-8-20(9-7-19)29-26-27-14-10-25(30-26)32-17-13-22-23(4-3-5-24(22)32)31-15-11-21(12-16-31)36(2,34)35/h3-5,10,13-14,17,19-21H,6-9,11-12,15-16H2,1-2H3,(H,28,33)(H,27,29,30). The highest BCUT2D eigenvalue weighted by atomic mass is 32.2. The van der Waals surface area contributed by atoms with Gasteiger partial charge in [-0.3, -0.25) is 4.79 Å². The van der Waals surface area contributed by atoms with Gasteiger partial charge in [-0.2, -0.15) is 4.98 Å². The van der Waals surface area contributed by atoms with E-state index in [1.807, 2.05) is 18.3 Å². The van der Waals surface area contributed by atoms with Crippen LogP contribution >= 0.6 is 0 Å². The highest BCUT2D eigenvalue weighted by Gasteiger charge is 2.27. The molecule has 9 nitrogen and oxygen atoms in total. The molecule has 192 valence electrons. The number of carbonyl (C=O) groups excluding carboxylic acids is 1. The van der Waals surface area contributed by atoms with E-state index in [9.17, 15) is 13.2 Å². The monoisotopic (exact) mass is 510 g/mol. The summed E-state index contributed by atoms with van der Waals surface area (Å²) in [7, 11) is -3.00. The summed E-state index contributed by atoms with van der Waals surface area (Å²) in [6.07, 6.45) is 10.3. The van der Waals surface area contributed by atoms with Crippen molar-refractivity contribution in [3.05, 3.63) is 42.7 Å². The third-order valence-corrected chi connectivity index (χ3v) is 9.14. The largest absolute Gasteiger partial charge is 0.371 e. The van der Waals surface area contributed by atoms with E-state index in [-0.39, 0.29) is 23.2 Å². The molecule has 0 unspecified atom stereocenters. The molecule has 2 aromatic heterocycles. The lowest BCUT2D eigenvalue weighted by Gasteiger charge is -2.33. The van der Waals surface area contributed by atoms with Crippen LogP contribution in [0.1, 0.15) is 45.4 Å². The maximum absolute atomic E-state index is 12.0. The van der Waals surface area contributed by atoms with E-state index in [1.54, 1.807) is 13.1 Å². The number of piperidine rings is 1. The zero-order valence-electron chi connectivity index (χ0n) is 20.9. The number of benzene rings is 1. The van der Waals surface area contributed by atoms with Gasteiger partial charge in [-0.05, 0) is 62.8 Å². The number of anilines is 2. The third kappa shape index (κ3) is 5.33. The minimum atomic E-state index is -3.00. The van der Waals surface area contributed by atoms with Crippen molar-refractivity contribution in [3.8, 4) is 5.82 Å². The van der Waals surface area contributed by atoms with Crippen LogP contribution in [0.4, 0.5) is 11.6 Å². The van der Waals surface area contributed by atoms with Crippen molar-refractivity contribution in [2.24, 2.45) is 0 Å². The zero-order chi connectivity index (χ0) is 25.3. The van der Waals surface area contributed by atoms with Crippen LogP contribution in [0.2, 0.25) is 0 Å². The predicted molar refractivity (Wildman–Crippen MR) is 142 cm³/mol. The molecule has 0 atom stereocenters. The van der Waals surface area contributed by atoms with Crippen LogP contribution < -0.4 is 15.5 Å². The van der Waals surface area contributed by atoms with E-state index in [4.69, 9.17) is 4.98 Å². The van der Waals surface area contributed by atoms with E-state index in [0.717, 1.165) is 61.2 Å². The van der Waals surface area contributed by atoms with Crippen molar-refractivity contribution in [3.63, 3.8) is 0 Å². The van der Waals surface area contributed by atoms with Gasteiger partial charge in [0.15, 0.2) is 0 Å². The molecule has 3 heterocycles. The van der Waals surface area contributed by atoms with Crippen LogP contribution in [0.15, 0.2) is 42.7 Å². The smallest absolute Gasteiger partial charge is 0.224 e. The fraction of sp³-hybridized carbons (Fsp3) is 0.500. The van der Waals surface area contributed by atoms with Gasteiger partial charge in [0, 0.05) is 61.8 Å². The van der Waals surface area contributed by atoms with Crippen LogP contribution in [-0.2, 0) is 14.6 Å². The number of hydrogen-bond acceptors (Lipinski definition) is 7. The second-order valence-corrected chi connectivity index (χ2v) is 12.4. The Bertz CT molecular complexity index is 1340. The van der Waals surface area contributed by atoms with Crippen molar-refractivity contribution >= 4 is 38.3 Å². The Morgan fingerprint density at radius 1 is 1.00 bits per heavy atom. The molecule has 3 aromatic rings. The molecule has 1 aliphatic heterocycles. The van der Waals surface area contributed by atoms with Gasteiger partial charge < -0.3 is 20.1 Å². The van der Waals surface area contributed by atoms with Gasteiger partial charge in [-0.1, -0.05) is 6.07 Å². The van der Waals surface area contributed by atoms with Gasteiger partial charge >= 0.3 is 0 Å². The van der Waals surface area contributed by atoms with Gasteiger partial charge in [0.25, 0.3) is 0 Å². The van der Waals surface area contributed by atoms with Crippen molar-refractivity contribution in [2.75, 3.05) is 29.6 Å². The Labute approximate surface area is 212 Å². The van der Waals surface area contributed by atoms with Crippen LogP contribution in [-0.4, -0.2) is 65.5 Å². The maximum Gasteiger partial charge on any atom is 0.224 e. The van der Waals surface area contributed by atoms with Crippen molar-refractivity contribution in [1.82, 2.24) is 19.9 Å². The second kappa shape index (κ2) is 10.1. The first-order valence-electron chi connectivity index (χ1n) is 12.7. The Morgan fingerprint density at radius 3 is 2.42 bits per heavy atom. The predicted octanol–water partition coefficient (Wildman–Crippen LogP) is 3.29. The summed E-state index contributed by atoms with van der Waals surface area (Å²) in [5.74, 6) is 1.43. The van der Waals surface area contributed by atoms with E-state index in [1.165, 1.54) is 6.26 Å². The highest BCUT2D eigenvalue weighted by molar-refractivity contribution is 7.91. The number of carbonyl (C=O) groups is 1. The summed E-state index contributed by atoms with van der Waals surface area (Å²) in [6.45, 7) is 3.03. The summed E-state index contributed by atoms with van der Waals surface area (Å²) in [6, 6.07) is 10.8. The number of nitrogens with one attached hydrogen (secondary N) is 2. The lowest BCUT2D eigenvalue weighted by Crippen LogP contribution is -2.39. The van der Waals surface area contributed by atoms with Gasteiger partial charge in [0.05, 0.1) is 10.8 Å². The summed E-state index contributed by atoms with van der Waals surface area (Å²) < 4.78 is 26.0. The minimum absolute atomic E-state index is 0.0305. The molecule has 0 radical (unpaired) electrons. The zero-order valence-corrected chi connectivity index (χ0v) is 21.7. The normalized spacial score (nSPS) is 21.4. The summed E-state index contributed by atoms with van der Waals surface area (Å²) in [5.41, 5.74) is 2.18. The van der Waals surface area contributed by atoms with Crippen LogP contribution in [0, 0.1) is 0 Å². The fourth-order valence-electron chi connectivity index (χ4n) is 5.56. The average Bonchev–Trinajstić information content (AvgIpc) is 3.29. The lowest BCUT2D eigenvalue weighted by atomic mass is 9.91. The fourth-order valence-corrected chi connectivity index (χ4v) is 6.62. The third-order valence-electron chi connectivity index (χ3n) is 7.45. The minimum Gasteiger partial charge on any atom is -0.371 e. The number of fused-ring (bicyclic) bond motifs is 1. The number of amides is 1. The van der Waals surface area contributed by atoms with Gasteiger partial charge in [0.2, 0.25) is 11.9 Å². The molecule has 10 heteroatoms. The molecule has 1 saturated heterocycles. The quantitative estimate of drug-likeness (QED) is 0.524. The average molecular weight is 511 g/mol. The van der Waals surface area contributed by atoms with Crippen LogP contribution in [0.5, 0.6) is 0 Å².